The molecule has 0 nitrogen and oxygen atoms in total. The predicted molar refractivity (Wildman–Crippen MR) is 110 cm³/mol. The van der Waals surface area contributed by atoms with Gasteiger partial charge in [-0.15, -0.1) is 0 Å². The van der Waals surface area contributed by atoms with Crippen LogP contribution < -0.4 is 0 Å². The van der Waals surface area contributed by atoms with E-state index < -0.39 is 0 Å². The van der Waals surface area contributed by atoms with E-state index in [1.54, 1.807) is 57.8 Å². The van der Waals surface area contributed by atoms with Gasteiger partial charge in [-0.2, -0.15) is 12.6 Å². The second kappa shape index (κ2) is 4.22. The van der Waals surface area contributed by atoms with Gasteiger partial charge in [0.15, 0.2) is 0 Å². The molecule has 0 aliphatic heterocycles. The summed E-state index contributed by atoms with van der Waals surface area (Å²) in [6.07, 6.45) is 19.4. The summed E-state index contributed by atoms with van der Waals surface area (Å²) in [6, 6.07) is 0. The summed E-state index contributed by atoms with van der Waals surface area (Å²) in [5.41, 5.74) is 1.58. The number of fused-ring (bicyclic) bond motifs is 2. The zero-order valence-corrected chi connectivity index (χ0v) is 17.7. The Labute approximate surface area is 170 Å². The molecule has 9 saturated carbocycles. The molecule has 0 saturated heterocycles. The molecule has 14 atom stereocenters. The first-order valence-corrected chi connectivity index (χ1v) is 13.3. The Morgan fingerprint density at radius 2 is 1.33 bits per heavy atom. The van der Waals surface area contributed by atoms with Gasteiger partial charge < -0.3 is 0 Å². The van der Waals surface area contributed by atoms with E-state index in [2.05, 4.69) is 0 Å². The lowest BCUT2D eigenvalue weighted by Crippen LogP contribution is -2.73. The molecule has 9 aliphatic rings. The summed E-state index contributed by atoms with van der Waals surface area (Å²) in [5.74, 6) is 12.7. The van der Waals surface area contributed by atoms with E-state index in [9.17, 15) is 0 Å². The molecule has 0 aromatic heterocycles. The molecule has 0 aromatic rings. The average molecular weight is 381 g/mol. The zero-order chi connectivity index (χ0) is 17.3. The van der Waals surface area contributed by atoms with Crippen molar-refractivity contribution in [3.8, 4) is 0 Å². The lowest BCUT2D eigenvalue weighted by Gasteiger charge is -2.79. The molecule has 2 spiro atoms. The van der Waals surface area contributed by atoms with Crippen molar-refractivity contribution in [1.82, 2.24) is 0 Å². The quantitative estimate of drug-likeness (QED) is 0.475. The molecule has 146 valence electrons. The van der Waals surface area contributed by atoms with Gasteiger partial charge in [0.2, 0.25) is 0 Å². The molecule has 8 bridgehead atoms. The molecule has 0 amide bonds. The van der Waals surface area contributed by atoms with Crippen LogP contribution in [0.2, 0.25) is 0 Å². The Morgan fingerprint density at radius 3 is 2.26 bits per heavy atom. The Morgan fingerprint density at radius 1 is 0.630 bits per heavy atom. The van der Waals surface area contributed by atoms with E-state index in [0.29, 0.717) is 4.75 Å². The van der Waals surface area contributed by atoms with Crippen LogP contribution in [0.4, 0.5) is 0 Å². The third-order valence-electron chi connectivity index (χ3n) is 13.5. The first kappa shape index (κ1) is 15.2. The van der Waals surface area contributed by atoms with Crippen LogP contribution in [0.15, 0.2) is 0 Å². The molecule has 14 unspecified atom stereocenters. The summed E-state index contributed by atoms with van der Waals surface area (Å²) < 4.78 is 0.430. The van der Waals surface area contributed by atoms with Crippen molar-refractivity contribution in [1.29, 1.82) is 0 Å². The Kier molecular flexibility index (Phi) is 2.37. The maximum absolute atomic E-state index is 5.52. The second-order valence-electron chi connectivity index (χ2n) is 14.0. The minimum atomic E-state index is 0.430. The monoisotopic (exact) mass is 380 g/mol. The first-order chi connectivity index (χ1) is 13.1. The molecule has 0 heterocycles. The Hall–Kier alpha value is 0.350. The maximum atomic E-state index is 5.52. The van der Waals surface area contributed by atoms with Crippen molar-refractivity contribution in [3.05, 3.63) is 0 Å². The summed E-state index contributed by atoms with van der Waals surface area (Å²) >= 11 is 5.52. The van der Waals surface area contributed by atoms with Crippen molar-refractivity contribution in [2.24, 2.45) is 75.9 Å². The van der Waals surface area contributed by atoms with Crippen LogP contribution in [0.25, 0.3) is 0 Å². The second-order valence-corrected chi connectivity index (χ2v) is 14.9. The van der Waals surface area contributed by atoms with Gasteiger partial charge in [0.25, 0.3) is 0 Å². The van der Waals surface area contributed by atoms with Gasteiger partial charge in [-0.25, -0.2) is 0 Å². The Bertz CT molecular complexity index is 759. The number of hydrogen-bond donors (Lipinski definition) is 1. The highest BCUT2D eigenvalue weighted by Gasteiger charge is 2.78. The minimum absolute atomic E-state index is 0.430. The molecular weight excluding hydrogens is 344 g/mol. The highest BCUT2D eigenvalue weighted by Crippen LogP contribution is 2.84. The molecule has 0 N–H and O–H groups in total. The zero-order valence-electron chi connectivity index (χ0n) is 16.8. The predicted octanol–water partition coefficient (Wildman–Crippen LogP) is 6.21. The van der Waals surface area contributed by atoms with Crippen LogP contribution >= 0.6 is 12.6 Å². The molecule has 9 fully saturated rings. The average Bonchev–Trinajstić information content (AvgIpc) is 2.76. The fraction of sp³-hybridized carbons (Fsp3) is 1.00. The van der Waals surface area contributed by atoms with E-state index in [0.717, 1.165) is 46.3 Å². The number of thiol groups is 1. The topological polar surface area (TPSA) is 0 Å². The highest BCUT2D eigenvalue weighted by molar-refractivity contribution is 7.81. The normalized spacial score (nSPS) is 76.1. The van der Waals surface area contributed by atoms with Gasteiger partial charge in [-0.1, -0.05) is 6.42 Å². The molecule has 9 aliphatic carbocycles. The third kappa shape index (κ3) is 1.46. The summed E-state index contributed by atoms with van der Waals surface area (Å²) in [7, 11) is 0. The molecule has 0 radical (unpaired) electrons. The minimum Gasteiger partial charge on any atom is -0.172 e. The number of hydrogen-bond acceptors (Lipinski definition) is 1. The van der Waals surface area contributed by atoms with Crippen LogP contribution in [0, 0.1) is 75.9 Å². The molecule has 0 aromatic carbocycles. The molecule has 27 heavy (non-hydrogen) atoms. The summed E-state index contributed by atoms with van der Waals surface area (Å²) in [6.45, 7) is 0. The van der Waals surface area contributed by atoms with E-state index in [-0.39, 0.29) is 0 Å². The van der Waals surface area contributed by atoms with Gasteiger partial charge in [0, 0.05) is 4.75 Å². The van der Waals surface area contributed by atoms with Crippen LogP contribution in [-0.4, -0.2) is 4.75 Å². The van der Waals surface area contributed by atoms with Crippen molar-refractivity contribution < 1.29 is 0 Å². The summed E-state index contributed by atoms with van der Waals surface area (Å²) in [4.78, 5) is 0. The van der Waals surface area contributed by atoms with Crippen molar-refractivity contribution in [3.63, 3.8) is 0 Å². The van der Waals surface area contributed by atoms with E-state index in [1.807, 2.05) is 0 Å². The lowest BCUT2D eigenvalue weighted by molar-refractivity contribution is -0.305. The van der Waals surface area contributed by atoms with Crippen LogP contribution in [0.3, 0.4) is 0 Å². The third-order valence-corrected chi connectivity index (χ3v) is 14.0. The van der Waals surface area contributed by atoms with E-state index in [4.69, 9.17) is 12.6 Å². The maximum Gasteiger partial charge on any atom is 0.0138 e. The van der Waals surface area contributed by atoms with Crippen LogP contribution in [-0.2, 0) is 0 Å². The van der Waals surface area contributed by atoms with Crippen molar-refractivity contribution in [2.75, 3.05) is 0 Å². The summed E-state index contributed by atoms with van der Waals surface area (Å²) in [5, 5.41) is 0. The molecule has 1 heteroatoms. The molecule has 9 rings (SSSR count). The van der Waals surface area contributed by atoms with Gasteiger partial charge in [-0.05, 0) is 147 Å². The fourth-order valence-electron chi connectivity index (χ4n) is 13.9. The van der Waals surface area contributed by atoms with Gasteiger partial charge in [0.1, 0.15) is 0 Å². The lowest BCUT2D eigenvalue weighted by atomic mass is 9.26. The van der Waals surface area contributed by atoms with Crippen molar-refractivity contribution in [2.45, 2.75) is 81.8 Å². The SMILES string of the molecule is SC12CCC3CC45CC6CCC7CC(CC8C7C(C6)C84)(C1)C1C(C2)C3C1C5. The Balaban J connectivity index is 1.33. The number of rotatable bonds is 0. The van der Waals surface area contributed by atoms with Gasteiger partial charge in [0.05, 0.1) is 0 Å². The molecular formula is C26H36S. The smallest absolute Gasteiger partial charge is 0.0138 e. The van der Waals surface area contributed by atoms with E-state index >= 15 is 0 Å². The van der Waals surface area contributed by atoms with Crippen molar-refractivity contribution >= 4 is 12.6 Å². The largest absolute Gasteiger partial charge is 0.172 e. The van der Waals surface area contributed by atoms with Crippen LogP contribution in [0.5, 0.6) is 0 Å². The van der Waals surface area contributed by atoms with Crippen LogP contribution in [0.1, 0.15) is 77.0 Å². The van der Waals surface area contributed by atoms with E-state index in [1.165, 1.54) is 48.9 Å². The fourth-order valence-corrected chi connectivity index (χ4v) is 14.5. The highest BCUT2D eigenvalue weighted by atomic mass is 32.1. The van der Waals surface area contributed by atoms with Gasteiger partial charge in [-0.3, -0.25) is 0 Å². The standard InChI is InChI=1S/C26H36S/c27-26-4-3-15-7-24-6-13-1-2-14-8-25(12-26,10-18-20(14)16(5-13)22(18)24)23-17(9-24)21(15)19(23)11-26/h13-23,27H,1-12H2. The first-order valence-electron chi connectivity index (χ1n) is 12.8. The van der Waals surface area contributed by atoms with Gasteiger partial charge >= 0.3 is 0 Å².